The van der Waals surface area contributed by atoms with E-state index >= 15 is 0 Å². The number of thiazole rings is 1. The average molecular weight is 408 g/mol. The zero-order chi connectivity index (χ0) is 16.1. The summed E-state index contributed by atoms with van der Waals surface area (Å²) in [7, 11) is 0. The van der Waals surface area contributed by atoms with Gasteiger partial charge in [0.05, 0.1) is 4.88 Å². The van der Waals surface area contributed by atoms with Gasteiger partial charge in [0, 0.05) is 22.2 Å². The standard InChI is InChI=1S/C18H16BrClN2S/c19-15-6-4-14(5-7-15)17-11-22-18(23-17)12-21-9-8-13-2-1-3-16(20)10-13/h1-7,10-11,21H,8-9,12H2. The lowest BCUT2D eigenvalue weighted by Gasteiger charge is -2.03. The van der Waals surface area contributed by atoms with E-state index < -0.39 is 0 Å². The fraction of sp³-hybridized carbons (Fsp3) is 0.167. The van der Waals surface area contributed by atoms with Gasteiger partial charge in [-0.2, -0.15) is 0 Å². The molecule has 0 saturated carbocycles. The van der Waals surface area contributed by atoms with E-state index in [1.807, 2.05) is 24.4 Å². The second-order valence-electron chi connectivity index (χ2n) is 5.18. The van der Waals surface area contributed by atoms with Crippen LogP contribution >= 0.6 is 38.9 Å². The van der Waals surface area contributed by atoms with Crippen LogP contribution < -0.4 is 5.32 Å². The van der Waals surface area contributed by atoms with Gasteiger partial charge in [0.1, 0.15) is 5.01 Å². The van der Waals surface area contributed by atoms with Crippen LogP contribution in [0.3, 0.4) is 0 Å². The smallest absolute Gasteiger partial charge is 0.107 e. The van der Waals surface area contributed by atoms with E-state index in [4.69, 9.17) is 11.6 Å². The normalized spacial score (nSPS) is 10.9. The Balaban J connectivity index is 1.50. The maximum atomic E-state index is 5.99. The van der Waals surface area contributed by atoms with Gasteiger partial charge in [0.15, 0.2) is 0 Å². The van der Waals surface area contributed by atoms with Crippen molar-refractivity contribution in [3.8, 4) is 10.4 Å². The number of hydrogen-bond donors (Lipinski definition) is 1. The molecule has 3 aromatic rings. The number of nitrogens with one attached hydrogen (secondary N) is 1. The lowest BCUT2D eigenvalue weighted by atomic mass is 10.1. The first-order valence-electron chi connectivity index (χ1n) is 7.36. The minimum absolute atomic E-state index is 0.793. The summed E-state index contributed by atoms with van der Waals surface area (Å²) in [6.45, 7) is 1.70. The molecule has 1 N–H and O–H groups in total. The van der Waals surface area contributed by atoms with Crippen LogP contribution in [0.2, 0.25) is 5.02 Å². The van der Waals surface area contributed by atoms with Crippen LogP contribution in [0.15, 0.2) is 59.2 Å². The molecule has 1 heterocycles. The number of rotatable bonds is 6. The average Bonchev–Trinajstić information content (AvgIpc) is 3.01. The van der Waals surface area contributed by atoms with Gasteiger partial charge in [-0.05, 0) is 48.4 Å². The van der Waals surface area contributed by atoms with E-state index in [2.05, 4.69) is 56.6 Å². The number of benzene rings is 2. The van der Waals surface area contributed by atoms with Crippen molar-refractivity contribution in [2.75, 3.05) is 6.54 Å². The second-order valence-corrected chi connectivity index (χ2v) is 7.65. The monoisotopic (exact) mass is 406 g/mol. The van der Waals surface area contributed by atoms with Crippen LogP contribution in [0.25, 0.3) is 10.4 Å². The summed E-state index contributed by atoms with van der Waals surface area (Å²) in [6, 6.07) is 16.3. The van der Waals surface area contributed by atoms with Gasteiger partial charge < -0.3 is 5.32 Å². The van der Waals surface area contributed by atoms with Gasteiger partial charge in [0.2, 0.25) is 0 Å². The van der Waals surface area contributed by atoms with E-state index in [0.29, 0.717) is 0 Å². The summed E-state index contributed by atoms with van der Waals surface area (Å²) < 4.78 is 1.09. The quantitative estimate of drug-likeness (QED) is 0.541. The van der Waals surface area contributed by atoms with Crippen molar-refractivity contribution in [1.82, 2.24) is 10.3 Å². The zero-order valence-corrected chi connectivity index (χ0v) is 15.6. The number of halogens is 2. The van der Waals surface area contributed by atoms with Gasteiger partial charge >= 0.3 is 0 Å². The summed E-state index contributed by atoms with van der Waals surface area (Å²) in [5.74, 6) is 0. The first-order chi connectivity index (χ1) is 11.2. The highest BCUT2D eigenvalue weighted by Crippen LogP contribution is 2.27. The Labute approximate surface area is 153 Å². The van der Waals surface area contributed by atoms with Crippen LogP contribution in [0.1, 0.15) is 10.6 Å². The number of nitrogens with zero attached hydrogens (tertiary/aromatic N) is 1. The molecule has 118 valence electrons. The number of hydrogen-bond acceptors (Lipinski definition) is 3. The Hall–Kier alpha value is -1.20. The van der Waals surface area contributed by atoms with E-state index in [-0.39, 0.29) is 0 Å². The van der Waals surface area contributed by atoms with Gasteiger partial charge in [-0.25, -0.2) is 4.98 Å². The summed E-state index contributed by atoms with van der Waals surface area (Å²) in [5.41, 5.74) is 2.45. The third-order valence-electron chi connectivity index (χ3n) is 3.44. The molecule has 5 heteroatoms. The van der Waals surface area contributed by atoms with Crippen LogP contribution in [0.5, 0.6) is 0 Å². The lowest BCUT2D eigenvalue weighted by Crippen LogP contribution is -2.16. The second kappa shape index (κ2) is 8.06. The molecular weight excluding hydrogens is 392 g/mol. The Bertz CT molecular complexity index is 771. The molecule has 0 radical (unpaired) electrons. The molecule has 0 aliphatic heterocycles. The molecule has 2 nitrogen and oxygen atoms in total. The highest BCUT2D eigenvalue weighted by molar-refractivity contribution is 9.10. The van der Waals surface area contributed by atoms with Crippen molar-refractivity contribution in [1.29, 1.82) is 0 Å². The predicted octanol–water partition coefficient (Wildman–Crippen LogP) is 5.56. The maximum Gasteiger partial charge on any atom is 0.107 e. The van der Waals surface area contributed by atoms with Gasteiger partial charge in [0.25, 0.3) is 0 Å². The topological polar surface area (TPSA) is 24.9 Å². The van der Waals surface area contributed by atoms with Crippen molar-refractivity contribution in [2.45, 2.75) is 13.0 Å². The molecule has 2 aromatic carbocycles. The SMILES string of the molecule is Clc1cccc(CCNCc2ncc(-c3ccc(Br)cc3)s2)c1. The molecular formula is C18H16BrClN2S. The molecule has 0 amide bonds. The summed E-state index contributed by atoms with van der Waals surface area (Å²) in [6.07, 6.45) is 2.91. The van der Waals surface area contributed by atoms with Crippen molar-refractivity contribution in [3.63, 3.8) is 0 Å². The molecule has 0 aliphatic rings. The molecule has 23 heavy (non-hydrogen) atoms. The predicted molar refractivity (Wildman–Crippen MR) is 102 cm³/mol. The van der Waals surface area contributed by atoms with Crippen LogP contribution in [-0.4, -0.2) is 11.5 Å². The Morgan fingerprint density at radius 3 is 2.74 bits per heavy atom. The molecule has 3 rings (SSSR count). The van der Waals surface area contributed by atoms with Crippen molar-refractivity contribution >= 4 is 38.9 Å². The van der Waals surface area contributed by atoms with Gasteiger partial charge in [-0.3, -0.25) is 0 Å². The highest BCUT2D eigenvalue weighted by atomic mass is 79.9. The van der Waals surface area contributed by atoms with Crippen molar-refractivity contribution in [2.24, 2.45) is 0 Å². The largest absolute Gasteiger partial charge is 0.310 e. The van der Waals surface area contributed by atoms with Crippen LogP contribution in [0.4, 0.5) is 0 Å². The van der Waals surface area contributed by atoms with Gasteiger partial charge in [-0.1, -0.05) is 51.8 Å². The highest BCUT2D eigenvalue weighted by Gasteiger charge is 2.04. The zero-order valence-electron chi connectivity index (χ0n) is 12.4. The number of aromatic nitrogens is 1. The fourth-order valence-corrected chi connectivity index (χ4v) is 3.63. The summed E-state index contributed by atoms with van der Waals surface area (Å²) in [5, 5.41) is 5.34. The first kappa shape index (κ1) is 16.7. The van der Waals surface area contributed by atoms with Crippen molar-refractivity contribution < 1.29 is 0 Å². The third kappa shape index (κ3) is 4.88. The Morgan fingerprint density at radius 1 is 1.13 bits per heavy atom. The van der Waals surface area contributed by atoms with E-state index in [0.717, 1.165) is 34.0 Å². The summed E-state index contributed by atoms with van der Waals surface area (Å²) >= 11 is 11.2. The molecule has 0 saturated heterocycles. The van der Waals surface area contributed by atoms with Crippen LogP contribution in [0, 0.1) is 0 Å². The van der Waals surface area contributed by atoms with E-state index in [9.17, 15) is 0 Å². The molecule has 0 aliphatic carbocycles. The molecule has 0 fully saturated rings. The molecule has 1 aromatic heterocycles. The lowest BCUT2D eigenvalue weighted by molar-refractivity contribution is 0.684. The summed E-state index contributed by atoms with van der Waals surface area (Å²) in [4.78, 5) is 5.70. The van der Waals surface area contributed by atoms with Crippen molar-refractivity contribution in [3.05, 3.63) is 74.8 Å². The maximum absolute atomic E-state index is 5.99. The first-order valence-corrected chi connectivity index (χ1v) is 9.35. The molecule has 0 spiro atoms. The van der Waals surface area contributed by atoms with Crippen LogP contribution in [-0.2, 0) is 13.0 Å². The Kier molecular flexibility index (Phi) is 5.84. The van der Waals surface area contributed by atoms with E-state index in [1.165, 1.54) is 16.0 Å². The minimum atomic E-state index is 0.793. The fourth-order valence-electron chi connectivity index (χ4n) is 2.26. The molecule has 0 bridgehead atoms. The van der Waals surface area contributed by atoms with Gasteiger partial charge in [-0.15, -0.1) is 11.3 Å². The Morgan fingerprint density at radius 2 is 1.96 bits per heavy atom. The minimum Gasteiger partial charge on any atom is -0.310 e. The molecule has 0 unspecified atom stereocenters. The van der Waals surface area contributed by atoms with E-state index in [1.54, 1.807) is 11.3 Å². The molecule has 0 atom stereocenters. The third-order valence-corrected chi connectivity index (χ3v) is 5.25.